The van der Waals surface area contributed by atoms with Gasteiger partial charge in [0, 0.05) is 37.1 Å². The fourth-order valence-electron chi connectivity index (χ4n) is 6.77. The third-order valence-electron chi connectivity index (χ3n) is 9.52. The Morgan fingerprint density at radius 1 is 0.769 bits per heavy atom. The normalized spacial score (nSPS) is 14.7. The number of benzene rings is 5. The summed E-state index contributed by atoms with van der Waals surface area (Å²) in [5, 5.41) is 13.3. The predicted octanol–water partition coefficient (Wildman–Crippen LogP) is 7.53. The monoisotopic (exact) mass is 698 g/mol. The van der Waals surface area contributed by atoms with Gasteiger partial charge in [-0.05, 0) is 90.5 Å². The molecule has 0 bridgehead atoms. The van der Waals surface area contributed by atoms with Gasteiger partial charge in [-0.3, -0.25) is 10.2 Å². The number of hydrogen-bond acceptors (Lipinski definition) is 5. The second-order valence-electron chi connectivity index (χ2n) is 13.1. The molecule has 2 atom stereocenters. The number of nitrogens with one attached hydrogen (secondary N) is 4. The van der Waals surface area contributed by atoms with Crippen molar-refractivity contribution in [1.29, 1.82) is 0 Å². The van der Waals surface area contributed by atoms with Crippen LogP contribution in [0.1, 0.15) is 24.0 Å². The number of imide groups is 1. The number of ether oxygens (including phenoxy) is 1. The molecular formula is C42H46N6O4. The van der Waals surface area contributed by atoms with E-state index in [0.29, 0.717) is 24.3 Å². The molecule has 268 valence electrons. The molecule has 10 nitrogen and oxygen atoms in total. The Morgan fingerprint density at radius 2 is 1.42 bits per heavy atom. The van der Waals surface area contributed by atoms with E-state index in [-0.39, 0.29) is 18.6 Å². The van der Waals surface area contributed by atoms with Crippen LogP contribution in [-0.4, -0.2) is 73.3 Å². The van der Waals surface area contributed by atoms with Crippen LogP contribution in [0.15, 0.2) is 127 Å². The van der Waals surface area contributed by atoms with E-state index in [2.05, 4.69) is 68.6 Å². The molecule has 1 aliphatic heterocycles. The zero-order valence-electron chi connectivity index (χ0n) is 29.5. The lowest BCUT2D eigenvalue weighted by molar-refractivity contribution is 0.148. The first-order chi connectivity index (χ1) is 25.4. The number of carbonyl (C=O) groups is 3. The molecule has 5 aromatic rings. The van der Waals surface area contributed by atoms with Crippen LogP contribution in [0.25, 0.3) is 10.8 Å². The highest BCUT2D eigenvalue weighted by Gasteiger charge is 2.32. The molecular weight excluding hydrogens is 652 g/mol. The fraction of sp³-hybridized carbons (Fsp3) is 0.262. The van der Waals surface area contributed by atoms with Crippen molar-refractivity contribution in [2.75, 3.05) is 43.9 Å². The zero-order valence-corrected chi connectivity index (χ0v) is 29.5. The topological polar surface area (TPSA) is 115 Å². The Bertz CT molecular complexity index is 1920. The number of anilines is 2. The van der Waals surface area contributed by atoms with E-state index in [4.69, 9.17) is 4.74 Å². The number of amides is 6. The van der Waals surface area contributed by atoms with Gasteiger partial charge in [0.05, 0.1) is 13.2 Å². The molecule has 0 saturated carbocycles. The van der Waals surface area contributed by atoms with Gasteiger partial charge in [-0.1, -0.05) is 91.0 Å². The van der Waals surface area contributed by atoms with E-state index in [0.717, 1.165) is 54.4 Å². The third-order valence-corrected chi connectivity index (χ3v) is 9.52. The van der Waals surface area contributed by atoms with E-state index >= 15 is 0 Å². The maximum Gasteiger partial charge on any atom is 0.327 e. The van der Waals surface area contributed by atoms with Gasteiger partial charge in [0.1, 0.15) is 5.75 Å². The van der Waals surface area contributed by atoms with E-state index in [1.807, 2.05) is 65.6 Å². The zero-order chi connectivity index (χ0) is 36.1. The summed E-state index contributed by atoms with van der Waals surface area (Å²) in [4.78, 5) is 44.4. The van der Waals surface area contributed by atoms with Crippen molar-refractivity contribution in [2.24, 2.45) is 0 Å². The fourth-order valence-corrected chi connectivity index (χ4v) is 6.77. The number of methoxy groups -OCH3 is 1. The summed E-state index contributed by atoms with van der Waals surface area (Å²) in [6, 6.07) is 39.1. The summed E-state index contributed by atoms with van der Waals surface area (Å²) in [5.41, 5.74) is 3.52. The van der Waals surface area contributed by atoms with Crippen LogP contribution < -0.4 is 26.0 Å². The molecule has 0 radical (unpaired) electrons. The maximum atomic E-state index is 14.3. The average molecular weight is 699 g/mol. The Labute approximate surface area is 305 Å². The van der Waals surface area contributed by atoms with E-state index < -0.39 is 18.1 Å². The summed E-state index contributed by atoms with van der Waals surface area (Å²) in [6.07, 6.45) is 3.36. The van der Waals surface area contributed by atoms with Crippen LogP contribution >= 0.6 is 0 Å². The molecule has 1 fully saturated rings. The van der Waals surface area contributed by atoms with Crippen molar-refractivity contribution in [1.82, 2.24) is 20.4 Å². The number of fused-ring (bicyclic) bond motifs is 1. The number of likely N-dealkylation sites (tertiary alicyclic amines) is 1. The maximum absolute atomic E-state index is 14.3. The molecule has 6 rings (SSSR count). The van der Waals surface area contributed by atoms with Gasteiger partial charge >= 0.3 is 18.1 Å². The molecule has 0 unspecified atom stereocenters. The number of rotatable bonds is 13. The molecule has 52 heavy (non-hydrogen) atoms. The Morgan fingerprint density at radius 3 is 2.13 bits per heavy atom. The summed E-state index contributed by atoms with van der Waals surface area (Å²) >= 11 is 0. The van der Waals surface area contributed by atoms with Gasteiger partial charge in [0.25, 0.3) is 0 Å². The van der Waals surface area contributed by atoms with Gasteiger partial charge in [-0.25, -0.2) is 14.4 Å². The summed E-state index contributed by atoms with van der Waals surface area (Å²) in [6.45, 7) is 2.40. The van der Waals surface area contributed by atoms with Crippen molar-refractivity contribution >= 4 is 40.2 Å². The van der Waals surface area contributed by atoms with Crippen LogP contribution in [0.5, 0.6) is 5.75 Å². The molecule has 4 N–H and O–H groups in total. The van der Waals surface area contributed by atoms with Crippen LogP contribution in [0.2, 0.25) is 0 Å². The Hall–Kier alpha value is -5.87. The van der Waals surface area contributed by atoms with Gasteiger partial charge in [0.2, 0.25) is 0 Å². The largest absolute Gasteiger partial charge is 0.497 e. The lowest BCUT2D eigenvalue weighted by atomic mass is 10.00. The Balaban J connectivity index is 1.22. The number of nitrogens with zero attached hydrogens (tertiary/aromatic N) is 2. The third kappa shape index (κ3) is 10.1. The molecule has 6 amide bonds. The van der Waals surface area contributed by atoms with Crippen LogP contribution in [-0.2, 0) is 12.8 Å². The number of urea groups is 3. The summed E-state index contributed by atoms with van der Waals surface area (Å²) in [7, 11) is 1.67. The second kappa shape index (κ2) is 17.9. The van der Waals surface area contributed by atoms with E-state index in [9.17, 15) is 14.4 Å². The average Bonchev–Trinajstić information content (AvgIpc) is 3.62. The lowest BCUT2D eigenvalue weighted by Gasteiger charge is -2.36. The highest BCUT2D eigenvalue weighted by molar-refractivity contribution is 6.00. The second-order valence-corrected chi connectivity index (χ2v) is 13.1. The van der Waals surface area contributed by atoms with Gasteiger partial charge in [-0.2, -0.15) is 0 Å². The summed E-state index contributed by atoms with van der Waals surface area (Å²) in [5.74, 6) is 0.833. The van der Waals surface area contributed by atoms with Gasteiger partial charge in [-0.15, -0.1) is 0 Å². The molecule has 1 saturated heterocycles. The molecule has 1 heterocycles. The summed E-state index contributed by atoms with van der Waals surface area (Å²) < 4.78 is 5.33. The van der Waals surface area contributed by atoms with Gasteiger partial charge in [0.15, 0.2) is 0 Å². The van der Waals surface area contributed by atoms with Crippen molar-refractivity contribution in [3.63, 3.8) is 0 Å². The van der Waals surface area contributed by atoms with E-state index in [1.165, 1.54) is 5.56 Å². The van der Waals surface area contributed by atoms with Gasteiger partial charge < -0.3 is 25.6 Å². The minimum Gasteiger partial charge on any atom is -0.497 e. The van der Waals surface area contributed by atoms with Crippen molar-refractivity contribution in [2.45, 2.75) is 37.8 Å². The first-order valence-corrected chi connectivity index (χ1v) is 17.8. The standard InChI is InChI=1S/C42H46N6O4/c1-52-39-22-19-31(20-23-39)24-26-47-25-10-17-37(47)30-48(42(51)45-36-15-6-3-7-16-36)38(28-32-18-21-33-11-8-9-12-34(33)27-32)29-43-40(49)46-41(50)44-35-13-4-2-5-14-35/h2-9,11-16,18-23,27,37-38H,10,17,24-26,28-30H2,1H3,(H,45,51)(H3,43,44,46,49,50)/t37-,38+/m1/s1. The van der Waals surface area contributed by atoms with E-state index in [1.54, 1.807) is 31.4 Å². The molecule has 0 aliphatic carbocycles. The molecule has 5 aromatic carbocycles. The Kier molecular flexibility index (Phi) is 12.4. The van der Waals surface area contributed by atoms with Crippen LogP contribution in [0, 0.1) is 0 Å². The number of para-hydroxylation sites is 2. The lowest BCUT2D eigenvalue weighted by Crippen LogP contribution is -2.55. The van der Waals surface area contributed by atoms with Crippen LogP contribution in [0.4, 0.5) is 25.8 Å². The van der Waals surface area contributed by atoms with Crippen molar-refractivity contribution < 1.29 is 19.1 Å². The first kappa shape index (κ1) is 35.9. The first-order valence-electron chi connectivity index (χ1n) is 17.8. The molecule has 10 heteroatoms. The minimum absolute atomic E-state index is 0.123. The highest BCUT2D eigenvalue weighted by atomic mass is 16.5. The molecule has 1 aliphatic rings. The van der Waals surface area contributed by atoms with Crippen molar-refractivity contribution in [3.8, 4) is 5.75 Å². The minimum atomic E-state index is -0.651. The molecule has 0 aromatic heterocycles. The number of carbonyl (C=O) groups excluding carboxylic acids is 3. The number of hydrogen-bond donors (Lipinski definition) is 4. The SMILES string of the molecule is COc1ccc(CCN2CCC[C@@H]2CN(C(=O)Nc2ccccc2)[C@H](CNC(=O)NC(=O)Nc2ccccc2)Cc2ccc3ccccc3c2)cc1. The smallest absolute Gasteiger partial charge is 0.327 e. The quantitative estimate of drug-likeness (QED) is 0.102. The molecule has 0 spiro atoms. The van der Waals surface area contributed by atoms with Crippen molar-refractivity contribution in [3.05, 3.63) is 139 Å². The van der Waals surface area contributed by atoms with Crippen LogP contribution in [0.3, 0.4) is 0 Å². The predicted molar refractivity (Wildman–Crippen MR) is 207 cm³/mol. The highest BCUT2D eigenvalue weighted by Crippen LogP contribution is 2.24.